The Balaban J connectivity index is 1.72. The van der Waals surface area contributed by atoms with Crippen molar-refractivity contribution in [3.63, 3.8) is 0 Å². The number of carboxylic acid groups (broad SMARTS) is 1. The molecule has 1 aliphatic heterocycles. The Morgan fingerprint density at radius 3 is 2.46 bits per heavy atom. The number of aromatic hydroxyl groups is 1. The molecule has 0 aliphatic carbocycles. The molecule has 2 atom stereocenters. The SMILES string of the molecule is O=C(O)COc1ccc([C@H]2c3ccc(O)cc3OC[C@@H]2c2ccccc2)cc1. The molecule has 3 aromatic rings. The van der Waals surface area contributed by atoms with Gasteiger partial charge >= 0.3 is 5.97 Å². The Labute approximate surface area is 162 Å². The molecule has 28 heavy (non-hydrogen) atoms. The highest BCUT2D eigenvalue weighted by molar-refractivity contribution is 5.68. The van der Waals surface area contributed by atoms with Gasteiger partial charge in [0.1, 0.15) is 17.2 Å². The summed E-state index contributed by atoms with van der Waals surface area (Å²) in [4.78, 5) is 10.7. The van der Waals surface area contributed by atoms with Gasteiger partial charge in [0.2, 0.25) is 0 Å². The summed E-state index contributed by atoms with van der Waals surface area (Å²) >= 11 is 0. The van der Waals surface area contributed by atoms with Crippen LogP contribution in [0.2, 0.25) is 0 Å². The molecule has 5 nitrogen and oxygen atoms in total. The first-order valence-corrected chi connectivity index (χ1v) is 9.07. The Morgan fingerprint density at radius 2 is 1.75 bits per heavy atom. The predicted molar refractivity (Wildman–Crippen MR) is 104 cm³/mol. The fraction of sp³-hybridized carbons (Fsp3) is 0.174. The van der Waals surface area contributed by atoms with Crippen molar-refractivity contribution in [1.82, 2.24) is 0 Å². The molecule has 4 rings (SSSR count). The summed E-state index contributed by atoms with van der Waals surface area (Å²) in [7, 11) is 0. The predicted octanol–water partition coefficient (Wildman–Crippen LogP) is 4.16. The fourth-order valence-electron chi connectivity index (χ4n) is 3.71. The van der Waals surface area contributed by atoms with Crippen LogP contribution in [0.4, 0.5) is 0 Å². The van der Waals surface area contributed by atoms with E-state index < -0.39 is 5.97 Å². The first kappa shape index (κ1) is 17.9. The van der Waals surface area contributed by atoms with Gasteiger partial charge < -0.3 is 19.7 Å². The quantitative estimate of drug-likeness (QED) is 0.699. The molecule has 1 heterocycles. The standard InChI is InChI=1S/C23H20O5/c24-17-8-11-19-21(12-17)28-13-20(15-4-2-1-3-5-15)23(19)16-6-9-18(10-7-16)27-14-22(25)26/h1-12,20,23-24H,13-14H2,(H,25,26)/t20-,23+/m1/s1. The average Bonchev–Trinajstić information content (AvgIpc) is 2.72. The number of rotatable bonds is 5. The molecule has 1 aliphatic rings. The van der Waals surface area contributed by atoms with Gasteiger partial charge in [0.15, 0.2) is 6.61 Å². The van der Waals surface area contributed by atoms with Gasteiger partial charge in [-0.15, -0.1) is 0 Å². The zero-order valence-electron chi connectivity index (χ0n) is 15.1. The number of aliphatic carboxylic acids is 1. The first-order valence-electron chi connectivity index (χ1n) is 9.07. The van der Waals surface area contributed by atoms with E-state index in [2.05, 4.69) is 12.1 Å². The van der Waals surface area contributed by atoms with Gasteiger partial charge in [0.25, 0.3) is 0 Å². The maximum atomic E-state index is 10.7. The molecule has 5 heteroatoms. The highest BCUT2D eigenvalue weighted by atomic mass is 16.5. The van der Waals surface area contributed by atoms with Gasteiger partial charge in [0, 0.05) is 23.5 Å². The van der Waals surface area contributed by atoms with Crippen LogP contribution < -0.4 is 9.47 Å². The molecule has 0 saturated carbocycles. The summed E-state index contributed by atoms with van der Waals surface area (Å²) in [5.74, 6) is 0.521. The third-order valence-corrected chi connectivity index (χ3v) is 4.98. The number of carboxylic acids is 1. The summed E-state index contributed by atoms with van der Waals surface area (Å²) < 4.78 is 11.2. The van der Waals surface area contributed by atoms with Crippen LogP contribution in [0.5, 0.6) is 17.2 Å². The topological polar surface area (TPSA) is 76.0 Å². The lowest BCUT2D eigenvalue weighted by molar-refractivity contribution is -0.139. The zero-order chi connectivity index (χ0) is 19.5. The van der Waals surface area contributed by atoms with Crippen LogP contribution in [0.1, 0.15) is 28.5 Å². The van der Waals surface area contributed by atoms with Gasteiger partial charge in [-0.05, 0) is 29.3 Å². The van der Waals surface area contributed by atoms with Crippen LogP contribution in [0.3, 0.4) is 0 Å². The lowest BCUT2D eigenvalue weighted by atomic mass is 9.76. The highest BCUT2D eigenvalue weighted by Gasteiger charge is 2.33. The minimum absolute atomic E-state index is 0.0419. The van der Waals surface area contributed by atoms with Crippen LogP contribution in [-0.2, 0) is 4.79 Å². The summed E-state index contributed by atoms with van der Waals surface area (Å²) in [5.41, 5.74) is 3.27. The number of phenolic OH excluding ortho intramolecular Hbond substituents is 1. The van der Waals surface area contributed by atoms with Gasteiger partial charge in [0.05, 0.1) is 6.61 Å². The van der Waals surface area contributed by atoms with Gasteiger partial charge in [-0.1, -0.05) is 48.5 Å². The monoisotopic (exact) mass is 376 g/mol. The van der Waals surface area contributed by atoms with Crippen molar-refractivity contribution in [2.45, 2.75) is 11.8 Å². The number of phenols is 1. The fourth-order valence-corrected chi connectivity index (χ4v) is 3.71. The summed E-state index contributed by atoms with van der Waals surface area (Å²) in [5, 5.41) is 18.6. The van der Waals surface area contributed by atoms with E-state index in [1.165, 1.54) is 5.56 Å². The smallest absolute Gasteiger partial charge is 0.341 e. The van der Waals surface area contributed by atoms with Crippen molar-refractivity contribution >= 4 is 5.97 Å². The van der Waals surface area contributed by atoms with E-state index in [-0.39, 0.29) is 24.2 Å². The number of ether oxygens (including phenoxy) is 2. The van der Waals surface area contributed by atoms with Crippen LogP contribution in [0.15, 0.2) is 72.8 Å². The largest absolute Gasteiger partial charge is 0.508 e. The Morgan fingerprint density at radius 1 is 1.00 bits per heavy atom. The van der Waals surface area contributed by atoms with Crippen molar-refractivity contribution < 1.29 is 24.5 Å². The molecule has 0 aromatic heterocycles. The second kappa shape index (κ2) is 7.64. The molecule has 0 unspecified atom stereocenters. The second-order valence-corrected chi connectivity index (χ2v) is 6.78. The molecule has 0 fully saturated rings. The molecule has 3 aromatic carbocycles. The zero-order valence-corrected chi connectivity index (χ0v) is 15.1. The van der Waals surface area contributed by atoms with Crippen molar-refractivity contribution in [2.24, 2.45) is 0 Å². The molecular weight excluding hydrogens is 356 g/mol. The Hall–Kier alpha value is -3.47. The van der Waals surface area contributed by atoms with E-state index in [1.54, 1.807) is 24.3 Å². The lowest BCUT2D eigenvalue weighted by Gasteiger charge is -2.34. The molecule has 0 spiro atoms. The van der Waals surface area contributed by atoms with Crippen LogP contribution in [-0.4, -0.2) is 29.4 Å². The van der Waals surface area contributed by atoms with E-state index in [0.29, 0.717) is 18.1 Å². The number of carbonyl (C=O) groups is 1. The third-order valence-electron chi connectivity index (χ3n) is 4.98. The highest BCUT2D eigenvalue weighted by Crippen LogP contribution is 2.47. The number of hydrogen-bond acceptors (Lipinski definition) is 4. The van der Waals surface area contributed by atoms with E-state index in [4.69, 9.17) is 14.6 Å². The minimum Gasteiger partial charge on any atom is -0.508 e. The molecule has 0 radical (unpaired) electrons. The van der Waals surface area contributed by atoms with Crippen molar-refractivity contribution in [1.29, 1.82) is 0 Å². The number of fused-ring (bicyclic) bond motifs is 1. The average molecular weight is 376 g/mol. The minimum atomic E-state index is -1.01. The van der Waals surface area contributed by atoms with Crippen LogP contribution in [0, 0.1) is 0 Å². The van der Waals surface area contributed by atoms with Crippen molar-refractivity contribution in [2.75, 3.05) is 13.2 Å². The van der Waals surface area contributed by atoms with Gasteiger partial charge in [-0.2, -0.15) is 0 Å². The van der Waals surface area contributed by atoms with E-state index in [9.17, 15) is 9.90 Å². The van der Waals surface area contributed by atoms with Crippen LogP contribution in [0.25, 0.3) is 0 Å². The maximum Gasteiger partial charge on any atom is 0.341 e. The van der Waals surface area contributed by atoms with Crippen LogP contribution >= 0.6 is 0 Å². The Bertz CT molecular complexity index is 966. The van der Waals surface area contributed by atoms with Gasteiger partial charge in [-0.25, -0.2) is 4.79 Å². The molecule has 0 bridgehead atoms. The van der Waals surface area contributed by atoms with E-state index >= 15 is 0 Å². The third kappa shape index (κ3) is 3.64. The molecule has 0 saturated heterocycles. The summed E-state index contributed by atoms with van der Waals surface area (Å²) in [6.45, 7) is 0.133. The van der Waals surface area contributed by atoms with E-state index in [0.717, 1.165) is 11.1 Å². The molecule has 0 amide bonds. The van der Waals surface area contributed by atoms with Crippen molar-refractivity contribution in [3.05, 3.63) is 89.5 Å². The molecular formula is C23H20O5. The number of hydrogen-bond donors (Lipinski definition) is 2. The lowest BCUT2D eigenvalue weighted by Crippen LogP contribution is -2.25. The first-order chi connectivity index (χ1) is 13.6. The molecule has 142 valence electrons. The van der Waals surface area contributed by atoms with Crippen molar-refractivity contribution in [3.8, 4) is 17.2 Å². The normalized spacial score (nSPS) is 18.0. The Kier molecular flexibility index (Phi) is 4.89. The van der Waals surface area contributed by atoms with Gasteiger partial charge in [-0.3, -0.25) is 0 Å². The summed E-state index contributed by atoms with van der Waals surface area (Å²) in [6, 6.07) is 22.9. The molecule has 2 N–H and O–H groups in total. The maximum absolute atomic E-state index is 10.7. The number of benzene rings is 3. The summed E-state index contributed by atoms with van der Waals surface area (Å²) in [6.07, 6.45) is 0. The van der Waals surface area contributed by atoms with E-state index in [1.807, 2.05) is 36.4 Å². The second-order valence-electron chi connectivity index (χ2n) is 6.78.